The molecule has 0 spiro atoms. The van der Waals surface area contributed by atoms with Crippen molar-refractivity contribution >= 4 is 0 Å². The molecule has 116 valence electrons. The summed E-state index contributed by atoms with van der Waals surface area (Å²) < 4.78 is 11.9. The van der Waals surface area contributed by atoms with Gasteiger partial charge in [0.15, 0.2) is 0 Å². The summed E-state index contributed by atoms with van der Waals surface area (Å²) in [4.78, 5) is 2.43. The number of rotatable bonds is 3. The molecular weight excluding hydrogens is 264 g/mol. The Balaban J connectivity index is 1.90. The molecule has 0 amide bonds. The molecule has 0 aliphatic carbocycles. The molecule has 0 aromatic heterocycles. The van der Waals surface area contributed by atoms with Crippen molar-refractivity contribution in [3.8, 4) is 5.75 Å². The van der Waals surface area contributed by atoms with Crippen LogP contribution < -0.4 is 10.5 Å². The minimum Gasteiger partial charge on any atom is -0.487 e. The number of morpholine rings is 1. The molecule has 2 aliphatic rings. The second-order valence-corrected chi connectivity index (χ2v) is 6.80. The van der Waals surface area contributed by atoms with Gasteiger partial charge in [-0.2, -0.15) is 0 Å². The molecule has 21 heavy (non-hydrogen) atoms. The highest BCUT2D eigenvalue weighted by molar-refractivity contribution is 5.47. The van der Waals surface area contributed by atoms with Crippen LogP contribution >= 0.6 is 0 Å². The van der Waals surface area contributed by atoms with Crippen LogP contribution in [0, 0.1) is 0 Å². The van der Waals surface area contributed by atoms with E-state index in [0.717, 1.165) is 31.9 Å². The lowest BCUT2D eigenvalue weighted by atomic mass is 9.97. The van der Waals surface area contributed by atoms with Gasteiger partial charge in [0.25, 0.3) is 0 Å². The van der Waals surface area contributed by atoms with Gasteiger partial charge >= 0.3 is 0 Å². The molecule has 0 radical (unpaired) electrons. The molecule has 2 N–H and O–H groups in total. The first-order chi connectivity index (χ1) is 10.00. The molecule has 2 unspecified atom stereocenters. The standard InChI is InChI=1S/C17H26N2O2/c1-12-11-19(7-8-20-12)15(10-18)14-6-4-5-13-9-17(2,3)21-16(13)14/h4-6,12,15H,7-11,18H2,1-3H3. The van der Waals surface area contributed by atoms with Gasteiger partial charge in [-0.05, 0) is 26.3 Å². The summed E-state index contributed by atoms with van der Waals surface area (Å²) >= 11 is 0. The van der Waals surface area contributed by atoms with Crippen LogP contribution in [0.5, 0.6) is 5.75 Å². The van der Waals surface area contributed by atoms with Gasteiger partial charge < -0.3 is 15.2 Å². The summed E-state index contributed by atoms with van der Waals surface area (Å²) in [5.74, 6) is 1.05. The summed E-state index contributed by atoms with van der Waals surface area (Å²) in [6.45, 7) is 9.64. The molecule has 1 aromatic rings. The van der Waals surface area contributed by atoms with Crippen LogP contribution in [0.2, 0.25) is 0 Å². The van der Waals surface area contributed by atoms with Crippen LogP contribution in [0.3, 0.4) is 0 Å². The maximum atomic E-state index is 6.21. The highest BCUT2D eigenvalue weighted by Crippen LogP contribution is 2.41. The molecule has 1 saturated heterocycles. The number of benzene rings is 1. The van der Waals surface area contributed by atoms with Gasteiger partial charge in [0.05, 0.1) is 18.8 Å². The molecule has 2 atom stereocenters. The third-order valence-electron chi connectivity index (χ3n) is 4.42. The Morgan fingerprint density at radius 3 is 2.95 bits per heavy atom. The van der Waals surface area contributed by atoms with Crippen molar-refractivity contribution in [2.24, 2.45) is 5.73 Å². The van der Waals surface area contributed by atoms with Gasteiger partial charge in [0, 0.05) is 31.6 Å². The molecule has 4 nitrogen and oxygen atoms in total. The Hall–Kier alpha value is -1.10. The Morgan fingerprint density at radius 1 is 1.43 bits per heavy atom. The average molecular weight is 290 g/mol. The van der Waals surface area contributed by atoms with Gasteiger partial charge in [-0.15, -0.1) is 0 Å². The van der Waals surface area contributed by atoms with E-state index in [1.807, 2.05) is 0 Å². The van der Waals surface area contributed by atoms with E-state index in [9.17, 15) is 0 Å². The van der Waals surface area contributed by atoms with Crippen LogP contribution in [-0.4, -0.2) is 42.8 Å². The van der Waals surface area contributed by atoms with Crippen LogP contribution in [0.25, 0.3) is 0 Å². The number of para-hydroxylation sites is 1. The van der Waals surface area contributed by atoms with Crippen LogP contribution in [0.15, 0.2) is 18.2 Å². The third kappa shape index (κ3) is 2.93. The van der Waals surface area contributed by atoms with Gasteiger partial charge in [-0.3, -0.25) is 4.90 Å². The molecular formula is C17H26N2O2. The van der Waals surface area contributed by atoms with Crippen molar-refractivity contribution in [2.75, 3.05) is 26.2 Å². The lowest BCUT2D eigenvalue weighted by molar-refractivity contribution is -0.0338. The van der Waals surface area contributed by atoms with Gasteiger partial charge in [0.2, 0.25) is 0 Å². The molecule has 0 saturated carbocycles. The SMILES string of the molecule is CC1CN(C(CN)c2cccc3c2OC(C)(C)C3)CCO1. The number of ether oxygens (including phenoxy) is 2. The summed E-state index contributed by atoms with van der Waals surface area (Å²) in [7, 11) is 0. The lowest BCUT2D eigenvalue weighted by Crippen LogP contribution is -2.45. The first kappa shape index (κ1) is 14.8. The fraction of sp³-hybridized carbons (Fsp3) is 0.647. The summed E-state index contributed by atoms with van der Waals surface area (Å²) in [6, 6.07) is 6.67. The van der Waals surface area contributed by atoms with Crippen LogP contribution in [-0.2, 0) is 11.2 Å². The zero-order valence-corrected chi connectivity index (χ0v) is 13.3. The van der Waals surface area contributed by atoms with E-state index in [1.54, 1.807) is 0 Å². The third-order valence-corrected chi connectivity index (χ3v) is 4.42. The van der Waals surface area contributed by atoms with Crippen molar-refractivity contribution < 1.29 is 9.47 Å². The molecule has 0 bridgehead atoms. The van der Waals surface area contributed by atoms with E-state index in [0.29, 0.717) is 6.54 Å². The second kappa shape index (κ2) is 5.59. The summed E-state index contributed by atoms with van der Waals surface area (Å²) in [5.41, 5.74) is 8.52. The number of nitrogens with zero attached hydrogens (tertiary/aromatic N) is 1. The first-order valence-corrected chi connectivity index (χ1v) is 7.87. The smallest absolute Gasteiger partial charge is 0.128 e. The Labute approximate surface area is 127 Å². The Morgan fingerprint density at radius 2 is 2.24 bits per heavy atom. The molecule has 1 aromatic carbocycles. The van der Waals surface area contributed by atoms with Crippen molar-refractivity contribution in [3.05, 3.63) is 29.3 Å². The highest BCUT2D eigenvalue weighted by Gasteiger charge is 2.35. The number of hydrogen-bond acceptors (Lipinski definition) is 4. The fourth-order valence-electron chi connectivity index (χ4n) is 3.50. The maximum Gasteiger partial charge on any atom is 0.128 e. The quantitative estimate of drug-likeness (QED) is 0.926. The van der Waals surface area contributed by atoms with E-state index >= 15 is 0 Å². The maximum absolute atomic E-state index is 6.21. The minimum atomic E-state index is -0.115. The van der Waals surface area contributed by atoms with E-state index in [1.165, 1.54) is 11.1 Å². The molecule has 2 heterocycles. The highest BCUT2D eigenvalue weighted by atomic mass is 16.5. The first-order valence-electron chi connectivity index (χ1n) is 7.87. The van der Waals surface area contributed by atoms with Crippen molar-refractivity contribution in [1.29, 1.82) is 0 Å². The van der Waals surface area contributed by atoms with Crippen LogP contribution in [0.4, 0.5) is 0 Å². The summed E-state index contributed by atoms with van der Waals surface area (Å²) in [5, 5.41) is 0. The van der Waals surface area contributed by atoms with Gasteiger partial charge in [0.1, 0.15) is 11.4 Å². The largest absolute Gasteiger partial charge is 0.487 e. The van der Waals surface area contributed by atoms with Crippen molar-refractivity contribution in [3.63, 3.8) is 0 Å². The number of fused-ring (bicyclic) bond motifs is 1. The fourth-order valence-corrected chi connectivity index (χ4v) is 3.50. The number of nitrogens with two attached hydrogens (primary N) is 1. The zero-order chi connectivity index (χ0) is 15.0. The molecule has 1 fully saturated rings. The molecule has 2 aliphatic heterocycles. The lowest BCUT2D eigenvalue weighted by Gasteiger charge is -2.37. The van der Waals surface area contributed by atoms with E-state index in [-0.39, 0.29) is 17.7 Å². The normalized spacial score (nSPS) is 26.2. The Kier molecular flexibility index (Phi) is 3.95. The average Bonchev–Trinajstić information content (AvgIpc) is 2.74. The monoisotopic (exact) mass is 290 g/mol. The predicted molar refractivity (Wildman–Crippen MR) is 83.6 cm³/mol. The van der Waals surface area contributed by atoms with E-state index in [4.69, 9.17) is 15.2 Å². The van der Waals surface area contributed by atoms with Crippen molar-refractivity contribution in [2.45, 2.75) is 44.9 Å². The summed E-state index contributed by atoms with van der Waals surface area (Å²) in [6.07, 6.45) is 1.23. The predicted octanol–water partition coefficient (Wildman–Crippen LogP) is 2.12. The van der Waals surface area contributed by atoms with Gasteiger partial charge in [-0.25, -0.2) is 0 Å². The van der Waals surface area contributed by atoms with Gasteiger partial charge in [-0.1, -0.05) is 18.2 Å². The van der Waals surface area contributed by atoms with E-state index < -0.39 is 0 Å². The number of hydrogen-bond donors (Lipinski definition) is 1. The molecule has 3 rings (SSSR count). The zero-order valence-electron chi connectivity index (χ0n) is 13.3. The second-order valence-electron chi connectivity index (χ2n) is 6.80. The Bertz CT molecular complexity index is 516. The topological polar surface area (TPSA) is 47.7 Å². The van der Waals surface area contributed by atoms with Crippen LogP contribution in [0.1, 0.15) is 37.9 Å². The van der Waals surface area contributed by atoms with E-state index in [2.05, 4.69) is 43.9 Å². The molecule has 4 heteroatoms. The van der Waals surface area contributed by atoms with Crippen molar-refractivity contribution in [1.82, 2.24) is 4.90 Å². The minimum absolute atomic E-state index is 0.115.